The number of para-hydroxylation sites is 7. The van der Waals surface area contributed by atoms with Crippen molar-refractivity contribution in [1.82, 2.24) is 0 Å². The Morgan fingerprint density at radius 2 is 0.722 bits per heavy atom. The SMILES string of the molecule is O=S1(=O)CCNc2ccccc21.O=S1(=O)CCOc2ccccc21.O=S1(=O)CCS(=O)(=O)c2ccccc21.O=S1CCNc2ccccc21.O=S1CCOc2ccccc21.c1ccc2c(c1)OCCO2.c1ccc2c(c1)OCCS2.c1ccc2c(c1)SCCS2. The molecule has 17 nitrogen and oxygen atoms in total. The van der Waals surface area contributed by atoms with E-state index < -0.39 is 60.9 Å². The molecule has 0 saturated heterocycles. The highest BCUT2D eigenvalue weighted by molar-refractivity contribution is 8.05. The monoisotopic (exact) mass is 1390 g/mol. The van der Waals surface area contributed by atoms with Crippen molar-refractivity contribution < 1.29 is 65.8 Å². The van der Waals surface area contributed by atoms with Gasteiger partial charge in [-0.15, -0.1) is 35.3 Å². The minimum absolute atomic E-state index is 0.0637. The molecule has 90 heavy (non-hydrogen) atoms. The lowest BCUT2D eigenvalue weighted by molar-refractivity contribution is 0.171. The number of benzene rings is 8. The number of ether oxygens (including phenoxy) is 5. The number of hydrogen-bond donors (Lipinski definition) is 2. The molecule has 8 aromatic carbocycles. The predicted molar refractivity (Wildman–Crippen MR) is 359 cm³/mol. The molecule has 0 radical (unpaired) electrons. The van der Waals surface area contributed by atoms with Gasteiger partial charge in [-0.25, -0.2) is 33.7 Å². The predicted octanol–water partition coefficient (Wildman–Crippen LogP) is 10.9. The molecule has 8 aliphatic heterocycles. The number of rotatable bonds is 0. The van der Waals surface area contributed by atoms with E-state index in [4.69, 9.17) is 23.7 Å². The second-order valence-corrected chi connectivity index (χ2v) is 34.5. The third-order valence-corrected chi connectivity index (χ3v) is 27.3. The number of nitrogens with one attached hydrogen (secondary N) is 2. The topological polar surface area (TPSA) is 241 Å². The van der Waals surface area contributed by atoms with Crippen molar-refractivity contribution in [3.8, 4) is 28.7 Å². The van der Waals surface area contributed by atoms with Crippen LogP contribution in [0.15, 0.2) is 238 Å². The van der Waals surface area contributed by atoms with Gasteiger partial charge >= 0.3 is 0 Å². The average Bonchev–Trinajstić information content (AvgIpc) is 1.33. The molecule has 0 bridgehead atoms. The fourth-order valence-electron chi connectivity index (χ4n) is 9.18. The smallest absolute Gasteiger partial charge is 0.185 e. The van der Waals surface area contributed by atoms with E-state index in [1.54, 1.807) is 42.5 Å². The summed E-state index contributed by atoms with van der Waals surface area (Å²) in [4.78, 5) is 6.58. The van der Waals surface area contributed by atoms with Crippen LogP contribution in [0.2, 0.25) is 0 Å². The van der Waals surface area contributed by atoms with Gasteiger partial charge in [-0.1, -0.05) is 97.1 Å². The Morgan fingerprint density at radius 3 is 1.30 bits per heavy atom. The number of anilines is 2. The summed E-state index contributed by atoms with van der Waals surface area (Å²) in [6.45, 7) is 4.35. The zero-order chi connectivity index (χ0) is 63.4. The fraction of sp³-hybridized carbons (Fsp3) is 0.250. The van der Waals surface area contributed by atoms with Crippen molar-refractivity contribution in [3.05, 3.63) is 194 Å². The maximum atomic E-state index is 11.5. The summed E-state index contributed by atoms with van der Waals surface area (Å²) >= 11 is 5.80. The number of thioether (sulfide) groups is 3. The van der Waals surface area contributed by atoms with Gasteiger partial charge in [-0.2, -0.15) is 0 Å². The molecule has 26 heteroatoms. The molecule has 0 amide bonds. The molecule has 0 spiro atoms. The zero-order valence-corrected chi connectivity index (χ0v) is 55.9. The Morgan fingerprint density at radius 1 is 0.311 bits per heavy atom. The van der Waals surface area contributed by atoms with Crippen molar-refractivity contribution in [2.45, 2.75) is 44.1 Å². The zero-order valence-electron chi connectivity index (χ0n) is 48.6. The van der Waals surface area contributed by atoms with E-state index in [1.807, 2.05) is 132 Å². The van der Waals surface area contributed by atoms with E-state index in [0.717, 1.165) is 68.8 Å². The molecule has 0 saturated carbocycles. The van der Waals surface area contributed by atoms with Crippen LogP contribution in [-0.4, -0.2) is 140 Å². The van der Waals surface area contributed by atoms with E-state index >= 15 is 0 Å². The summed E-state index contributed by atoms with van der Waals surface area (Å²) in [6.07, 6.45) is 0. The van der Waals surface area contributed by atoms with Gasteiger partial charge < -0.3 is 34.3 Å². The highest BCUT2D eigenvalue weighted by atomic mass is 32.2. The standard InChI is InChI=1S/C8H9NO2S.C8H9NOS.C8H8O4S2.C8H8O3S.C8H8O2S.C8H8O2.C8H8OS.C8H8S2/c10-12(11)6-5-9-7-3-1-2-4-8(7)12;10-11-6-5-9-7-3-1-2-4-8(7)11;9-13(10)5-6-14(11,12)8-4-2-1-3-7(8)13;9-12(10)6-5-11-7-3-1-2-4-8(7)12;9-11-6-5-10-7-3-1-2-4-8(7)11;3*1-2-4-8-7(3-1)9-5-6-10-8/h1-4,9H,5-6H2;1-4,9H,5-6H2;1-4H,5-6H2;1-4H,5-6H2;1-4H,5-6H2;3*1-4H,5-6H2. The lowest BCUT2D eigenvalue weighted by atomic mass is 10.3. The van der Waals surface area contributed by atoms with E-state index in [9.17, 15) is 42.1 Å². The first-order valence-electron chi connectivity index (χ1n) is 28.4. The molecule has 2 unspecified atom stereocenters. The van der Waals surface area contributed by atoms with Crippen molar-refractivity contribution >= 4 is 108 Å². The molecule has 0 aliphatic carbocycles. The lowest BCUT2D eigenvalue weighted by Gasteiger charge is -2.17. The second-order valence-electron chi connectivity index (χ2n) is 19.7. The van der Waals surface area contributed by atoms with Gasteiger partial charge in [0.1, 0.15) is 48.6 Å². The van der Waals surface area contributed by atoms with Crippen LogP contribution in [0.1, 0.15) is 0 Å². The first-order chi connectivity index (χ1) is 43.5. The minimum Gasteiger partial charge on any atom is -0.492 e. The van der Waals surface area contributed by atoms with Crippen LogP contribution in [0, 0.1) is 0 Å². The Hall–Kier alpha value is -6.49. The Labute approximate surface area is 544 Å². The van der Waals surface area contributed by atoms with Gasteiger partial charge in [0.15, 0.2) is 50.8 Å². The van der Waals surface area contributed by atoms with Crippen LogP contribution >= 0.6 is 35.3 Å². The Bertz CT molecular complexity index is 3880. The van der Waals surface area contributed by atoms with Crippen LogP contribution in [-0.2, 0) is 60.9 Å². The fourth-order valence-corrected chi connectivity index (χ4v) is 21.3. The third-order valence-electron chi connectivity index (χ3n) is 13.5. The van der Waals surface area contributed by atoms with Gasteiger partial charge in [0.2, 0.25) is 0 Å². The van der Waals surface area contributed by atoms with Crippen LogP contribution in [0.4, 0.5) is 11.4 Å². The van der Waals surface area contributed by atoms with Crippen molar-refractivity contribution in [2.24, 2.45) is 0 Å². The quantitative estimate of drug-likeness (QED) is 0.143. The maximum absolute atomic E-state index is 11.5. The van der Waals surface area contributed by atoms with Gasteiger partial charge in [-0.3, -0.25) is 8.42 Å². The highest BCUT2D eigenvalue weighted by Crippen LogP contribution is 2.37. The molecular formula is C64H66N2O15S9. The second kappa shape index (κ2) is 32.7. The van der Waals surface area contributed by atoms with E-state index in [0.29, 0.717) is 47.7 Å². The molecule has 8 heterocycles. The number of fused-ring (bicyclic) bond motifs is 8. The molecular weight excluding hydrogens is 1330 g/mol. The van der Waals surface area contributed by atoms with Gasteiger partial charge in [0, 0.05) is 50.8 Å². The van der Waals surface area contributed by atoms with Crippen molar-refractivity contribution in [2.75, 3.05) is 109 Å². The number of hydrogen-bond acceptors (Lipinski definition) is 20. The Balaban J connectivity index is 0.000000122. The molecule has 476 valence electrons. The van der Waals surface area contributed by atoms with Gasteiger partial charge in [0.05, 0.1) is 92.8 Å². The molecule has 2 N–H and O–H groups in total. The third kappa shape index (κ3) is 18.8. The first-order valence-corrected chi connectivity index (χ1v) is 40.6. The molecule has 0 fully saturated rings. The highest BCUT2D eigenvalue weighted by Gasteiger charge is 2.33. The van der Waals surface area contributed by atoms with E-state index in [2.05, 4.69) is 41.0 Å². The molecule has 8 aromatic rings. The van der Waals surface area contributed by atoms with E-state index in [-0.39, 0.29) is 39.4 Å². The van der Waals surface area contributed by atoms with Crippen LogP contribution in [0.3, 0.4) is 0 Å². The summed E-state index contributed by atoms with van der Waals surface area (Å²) in [5, 5.41) is 6.24. The summed E-state index contributed by atoms with van der Waals surface area (Å²) in [7, 11) is -14.5. The van der Waals surface area contributed by atoms with Crippen molar-refractivity contribution in [3.63, 3.8) is 0 Å². The summed E-state index contributed by atoms with van der Waals surface area (Å²) in [5.41, 5.74) is 1.75. The van der Waals surface area contributed by atoms with Gasteiger partial charge in [-0.05, 0) is 97.1 Å². The number of sulfone groups is 4. The average molecular weight is 1390 g/mol. The Kier molecular flexibility index (Phi) is 24.7. The minimum atomic E-state index is -3.39. The van der Waals surface area contributed by atoms with Crippen LogP contribution in [0.25, 0.3) is 0 Å². The van der Waals surface area contributed by atoms with E-state index in [1.165, 1.54) is 50.5 Å². The first kappa shape index (κ1) is 67.9. The molecule has 8 aliphatic rings. The largest absolute Gasteiger partial charge is 0.492 e. The van der Waals surface area contributed by atoms with Crippen LogP contribution in [0.5, 0.6) is 28.7 Å². The summed E-state index contributed by atoms with van der Waals surface area (Å²) in [5.74, 6) is 8.63. The lowest BCUT2D eigenvalue weighted by Crippen LogP contribution is -2.25. The summed E-state index contributed by atoms with van der Waals surface area (Å²) in [6, 6.07) is 59.1. The van der Waals surface area contributed by atoms with Gasteiger partial charge in [0.25, 0.3) is 0 Å². The van der Waals surface area contributed by atoms with Crippen LogP contribution < -0.4 is 34.3 Å². The molecule has 16 rings (SSSR count). The molecule has 2 atom stereocenters. The maximum Gasteiger partial charge on any atom is 0.185 e. The molecule has 0 aromatic heterocycles. The summed E-state index contributed by atoms with van der Waals surface area (Å²) < 4.78 is 141. The normalized spacial score (nSPS) is 19.2. The van der Waals surface area contributed by atoms with Crippen molar-refractivity contribution in [1.29, 1.82) is 0 Å².